The van der Waals surface area contributed by atoms with Crippen LogP contribution in [0.5, 0.6) is 0 Å². The molecule has 4 atom stereocenters. The summed E-state index contributed by atoms with van der Waals surface area (Å²) in [5, 5.41) is 0. The van der Waals surface area contributed by atoms with Gasteiger partial charge in [0, 0.05) is 5.92 Å². The van der Waals surface area contributed by atoms with Gasteiger partial charge in [-0.2, -0.15) is 0 Å². The van der Waals surface area contributed by atoms with Crippen molar-refractivity contribution in [2.75, 3.05) is 0 Å². The lowest BCUT2D eigenvalue weighted by atomic mass is 9.74. The molecule has 3 aliphatic rings. The first-order valence-electron chi connectivity index (χ1n) is 5.49. The van der Waals surface area contributed by atoms with E-state index in [1.165, 1.54) is 31.3 Å². The van der Waals surface area contributed by atoms with Crippen LogP contribution in [0.4, 0.5) is 0 Å². The monoisotopic (exact) mass is 176 g/mol. The fourth-order valence-corrected chi connectivity index (χ4v) is 3.94. The Bertz CT molecular complexity index is 289. The van der Waals surface area contributed by atoms with Gasteiger partial charge in [0.25, 0.3) is 0 Å². The lowest BCUT2D eigenvalue weighted by Gasteiger charge is -2.29. The van der Waals surface area contributed by atoms with Crippen molar-refractivity contribution < 1.29 is 4.79 Å². The normalized spacial score (nSPS) is 47.8. The number of carbonyl (C=O) groups is 1. The van der Waals surface area contributed by atoms with Gasteiger partial charge in [0.1, 0.15) is 0 Å². The van der Waals surface area contributed by atoms with Crippen molar-refractivity contribution in [1.29, 1.82) is 0 Å². The summed E-state index contributed by atoms with van der Waals surface area (Å²) in [6, 6.07) is 0. The summed E-state index contributed by atoms with van der Waals surface area (Å²) in [4.78, 5) is 11.7. The number of allylic oxidation sites excluding steroid dienone is 2. The predicted octanol–water partition coefficient (Wildman–Crippen LogP) is 2.57. The van der Waals surface area contributed by atoms with Gasteiger partial charge in [-0.05, 0) is 56.4 Å². The third-order valence-electron chi connectivity index (χ3n) is 4.49. The van der Waals surface area contributed by atoms with E-state index >= 15 is 0 Å². The topological polar surface area (TPSA) is 17.1 Å². The molecule has 1 heteroatoms. The average Bonchev–Trinajstić information content (AvgIpc) is 2.60. The van der Waals surface area contributed by atoms with Gasteiger partial charge in [0.05, 0.1) is 0 Å². The van der Waals surface area contributed by atoms with E-state index in [0.717, 1.165) is 17.8 Å². The van der Waals surface area contributed by atoms with Crippen LogP contribution in [0.15, 0.2) is 11.6 Å². The van der Waals surface area contributed by atoms with E-state index < -0.39 is 0 Å². The number of rotatable bonds is 0. The lowest BCUT2D eigenvalue weighted by molar-refractivity contribution is -0.120. The molecular formula is C12H16O. The average molecular weight is 176 g/mol. The van der Waals surface area contributed by atoms with E-state index in [1.54, 1.807) is 0 Å². The molecule has 3 aliphatic carbocycles. The second-order valence-electron chi connectivity index (χ2n) is 5.00. The van der Waals surface area contributed by atoms with E-state index in [1.807, 2.05) is 6.08 Å². The Kier molecular flexibility index (Phi) is 1.47. The highest BCUT2D eigenvalue weighted by atomic mass is 16.1. The van der Waals surface area contributed by atoms with Gasteiger partial charge in [-0.3, -0.25) is 4.79 Å². The Morgan fingerprint density at radius 2 is 1.85 bits per heavy atom. The molecule has 13 heavy (non-hydrogen) atoms. The maximum absolute atomic E-state index is 11.7. The van der Waals surface area contributed by atoms with Crippen LogP contribution in [0.25, 0.3) is 0 Å². The summed E-state index contributed by atoms with van der Waals surface area (Å²) in [7, 11) is 0. The van der Waals surface area contributed by atoms with Gasteiger partial charge in [0.15, 0.2) is 5.78 Å². The zero-order valence-corrected chi connectivity index (χ0v) is 8.12. The number of hydrogen-bond acceptors (Lipinski definition) is 1. The molecule has 0 aliphatic heterocycles. The van der Waals surface area contributed by atoms with Crippen LogP contribution in [0.1, 0.15) is 32.6 Å². The molecular weight excluding hydrogens is 160 g/mol. The Balaban J connectivity index is 2.05. The zero-order valence-electron chi connectivity index (χ0n) is 8.12. The SMILES string of the molecule is CC1=CC(=O)C2CCC3CCC1C32. The number of ketones is 1. The van der Waals surface area contributed by atoms with Crippen molar-refractivity contribution in [1.82, 2.24) is 0 Å². The fourth-order valence-electron chi connectivity index (χ4n) is 3.94. The summed E-state index contributed by atoms with van der Waals surface area (Å²) in [6.07, 6.45) is 7.15. The molecule has 0 saturated heterocycles. The van der Waals surface area contributed by atoms with Gasteiger partial charge in [-0.15, -0.1) is 0 Å². The van der Waals surface area contributed by atoms with Crippen molar-refractivity contribution in [2.24, 2.45) is 23.7 Å². The van der Waals surface area contributed by atoms with Crippen LogP contribution in [-0.4, -0.2) is 5.78 Å². The van der Waals surface area contributed by atoms with E-state index in [9.17, 15) is 4.79 Å². The molecule has 0 radical (unpaired) electrons. The third kappa shape index (κ3) is 0.905. The molecule has 0 bridgehead atoms. The van der Waals surface area contributed by atoms with E-state index in [-0.39, 0.29) is 0 Å². The highest BCUT2D eigenvalue weighted by molar-refractivity contribution is 5.94. The van der Waals surface area contributed by atoms with Crippen LogP contribution in [0, 0.1) is 23.7 Å². The molecule has 4 unspecified atom stereocenters. The first kappa shape index (κ1) is 7.78. The Morgan fingerprint density at radius 1 is 1.15 bits per heavy atom. The lowest BCUT2D eigenvalue weighted by Crippen LogP contribution is -2.29. The van der Waals surface area contributed by atoms with E-state index in [2.05, 4.69) is 6.92 Å². The van der Waals surface area contributed by atoms with Gasteiger partial charge in [0.2, 0.25) is 0 Å². The van der Waals surface area contributed by atoms with Crippen LogP contribution in [0.3, 0.4) is 0 Å². The molecule has 0 amide bonds. The largest absolute Gasteiger partial charge is 0.295 e. The maximum Gasteiger partial charge on any atom is 0.159 e. The molecule has 1 nitrogen and oxygen atoms in total. The van der Waals surface area contributed by atoms with Gasteiger partial charge in [-0.1, -0.05) is 5.57 Å². The minimum atomic E-state index is 0.418. The number of carbonyl (C=O) groups excluding carboxylic acids is 1. The second-order valence-corrected chi connectivity index (χ2v) is 5.00. The quantitative estimate of drug-likeness (QED) is 0.554. The van der Waals surface area contributed by atoms with Crippen LogP contribution in [0.2, 0.25) is 0 Å². The molecule has 0 aromatic carbocycles. The molecule has 0 aromatic heterocycles. The molecule has 0 spiro atoms. The second kappa shape index (κ2) is 2.46. The molecule has 0 N–H and O–H groups in total. The van der Waals surface area contributed by atoms with Crippen molar-refractivity contribution in [3.8, 4) is 0 Å². The van der Waals surface area contributed by atoms with Gasteiger partial charge in [-0.25, -0.2) is 0 Å². The zero-order chi connectivity index (χ0) is 9.00. The van der Waals surface area contributed by atoms with Crippen molar-refractivity contribution in [3.05, 3.63) is 11.6 Å². The van der Waals surface area contributed by atoms with Gasteiger partial charge >= 0.3 is 0 Å². The Hall–Kier alpha value is -0.590. The predicted molar refractivity (Wildman–Crippen MR) is 51.2 cm³/mol. The summed E-state index contributed by atoms with van der Waals surface area (Å²) in [5.74, 6) is 3.26. The van der Waals surface area contributed by atoms with Crippen LogP contribution < -0.4 is 0 Å². The highest BCUT2D eigenvalue weighted by Crippen LogP contribution is 2.55. The van der Waals surface area contributed by atoms with Crippen LogP contribution >= 0.6 is 0 Å². The van der Waals surface area contributed by atoms with Crippen molar-refractivity contribution in [3.63, 3.8) is 0 Å². The Morgan fingerprint density at radius 3 is 2.62 bits per heavy atom. The summed E-state index contributed by atoms with van der Waals surface area (Å²) in [5.41, 5.74) is 1.37. The molecule has 0 aromatic rings. The standard InChI is InChI=1S/C12H16O/c1-7-6-11(13)10-5-3-8-2-4-9(7)12(8)10/h6,8-10,12H,2-5H2,1H3. The molecule has 0 heterocycles. The molecule has 2 fully saturated rings. The molecule has 70 valence electrons. The smallest absolute Gasteiger partial charge is 0.159 e. The highest BCUT2D eigenvalue weighted by Gasteiger charge is 2.49. The van der Waals surface area contributed by atoms with Crippen molar-refractivity contribution in [2.45, 2.75) is 32.6 Å². The summed E-state index contributed by atoms with van der Waals surface area (Å²) in [6.45, 7) is 2.15. The molecule has 3 rings (SSSR count). The molecule has 2 saturated carbocycles. The number of hydrogen-bond donors (Lipinski definition) is 0. The maximum atomic E-state index is 11.7. The summed E-state index contributed by atoms with van der Waals surface area (Å²) < 4.78 is 0. The summed E-state index contributed by atoms with van der Waals surface area (Å²) >= 11 is 0. The fraction of sp³-hybridized carbons (Fsp3) is 0.750. The van der Waals surface area contributed by atoms with E-state index in [0.29, 0.717) is 11.7 Å². The first-order valence-corrected chi connectivity index (χ1v) is 5.49. The first-order chi connectivity index (χ1) is 6.27. The van der Waals surface area contributed by atoms with Gasteiger partial charge < -0.3 is 0 Å². The van der Waals surface area contributed by atoms with Crippen molar-refractivity contribution >= 4 is 5.78 Å². The van der Waals surface area contributed by atoms with Crippen LogP contribution in [-0.2, 0) is 4.79 Å². The minimum Gasteiger partial charge on any atom is -0.295 e. The minimum absolute atomic E-state index is 0.418. The third-order valence-corrected chi connectivity index (χ3v) is 4.49. The Labute approximate surface area is 79.2 Å². The van der Waals surface area contributed by atoms with E-state index in [4.69, 9.17) is 0 Å².